The zero-order valence-electron chi connectivity index (χ0n) is 17.5. The van der Waals surface area contributed by atoms with E-state index in [2.05, 4.69) is 72.7 Å². The van der Waals surface area contributed by atoms with Gasteiger partial charge in [0, 0.05) is 48.3 Å². The van der Waals surface area contributed by atoms with Crippen molar-refractivity contribution >= 4 is 35.5 Å². The van der Waals surface area contributed by atoms with Crippen LogP contribution in [0.1, 0.15) is 38.7 Å². The third-order valence-electron chi connectivity index (χ3n) is 6.38. The molecule has 1 saturated heterocycles. The van der Waals surface area contributed by atoms with Crippen LogP contribution in [0.15, 0.2) is 59.0 Å². The summed E-state index contributed by atoms with van der Waals surface area (Å²) in [6, 6.07) is 17.0. The lowest BCUT2D eigenvalue weighted by Gasteiger charge is -2.39. The summed E-state index contributed by atoms with van der Waals surface area (Å²) in [7, 11) is 0. The van der Waals surface area contributed by atoms with Crippen LogP contribution in [0.5, 0.6) is 0 Å². The molecule has 29 heavy (non-hydrogen) atoms. The van der Waals surface area contributed by atoms with Crippen molar-refractivity contribution in [3.8, 4) is 0 Å². The van der Waals surface area contributed by atoms with Gasteiger partial charge in [-0.05, 0) is 72.2 Å². The highest BCUT2D eigenvalue weighted by Gasteiger charge is 2.29. The minimum absolute atomic E-state index is 0.371. The van der Waals surface area contributed by atoms with Crippen molar-refractivity contribution in [1.29, 1.82) is 0 Å². The van der Waals surface area contributed by atoms with Crippen LogP contribution in [0.3, 0.4) is 0 Å². The molecular formula is C25H31ClN2S. The van der Waals surface area contributed by atoms with E-state index < -0.39 is 0 Å². The summed E-state index contributed by atoms with van der Waals surface area (Å²) in [4.78, 5) is 6.14. The Morgan fingerprint density at radius 1 is 0.931 bits per heavy atom. The van der Waals surface area contributed by atoms with Crippen LogP contribution < -0.4 is 4.90 Å². The van der Waals surface area contributed by atoms with Gasteiger partial charge in [0.1, 0.15) is 0 Å². The Balaban J connectivity index is 1.46. The maximum absolute atomic E-state index is 6.14. The van der Waals surface area contributed by atoms with Gasteiger partial charge in [-0.25, -0.2) is 0 Å². The molecule has 0 spiro atoms. The number of halogens is 1. The van der Waals surface area contributed by atoms with E-state index in [0.29, 0.717) is 5.41 Å². The molecule has 2 aromatic carbocycles. The molecule has 0 radical (unpaired) electrons. The molecule has 2 nitrogen and oxygen atoms in total. The molecule has 2 aromatic rings. The number of anilines is 1. The fourth-order valence-electron chi connectivity index (χ4n) is 4.56. The molecule has 0 saturated carbocycles. The first-order valence-electron chi connectivity index (χ1n) is 10.6. The fourth-order valence-corrected chi connectivity index (χ4v) is 4.84. The average molecular weight is 427 g/mol. The van der Waals surface area contributed by atoms with E-state index in [1.54, 1.807) is 11.1 Å². The molecular weight excluding hydrogens is 396 g/mol. The largest absolute Gasteiger partial charge is 0.369 e. The first-order chi connectivity index (χ1) is 13.9. The van der Waals surface area contributed by atoms with E-state index in [-0.39, 0.29) is 0 Å². The number of thiol groups is 1. The summed E-state index contributed by atoms with van der Waals surface area (Å²) < 4.78 is 0. The van der Waals surface area contributed by atoms with Crippen LogP contribution in [0.4, 0.5) is 5.69 Å². The van der Waals surface area contributed by atoms with Crippen molar-refractivity contribution in [3.63, 3.8) is 0 Å². The molecule has 1 fully saturated rings. The lowest BCUT2D eigenvalue weighted by atomic mass is 9.72. The molecule has 2 aliphatic rings. The molecule has 0 unspecified atom stereocenters. The topological polar surface area (TPSA) is 6.48 Å². The summed E-state index contributed by atoms with van der Waals surface area (Å²) in [5.74, 6) is 0. The number of rotatable bonds is 4. The van der Waals surface area contributed by atoms with Crippen LogP contribution in [-0.4, -0.2) is 37.6 Å². The van der Waals surface area contributed by atoms with Gasteiger partial charge in [0.25, 0.3) is 0 Å². The number of allylic oxidation sites excluding steroid dienone is 1. The zero-order chi connectivity index (χ0) is 20.4. The first kappa shape index (κ1) is 20.8. The van der Waals surface area contributed by atoms with Gasteiger partial charge in [-0.2, -0.15) is 0 Å². The van der Waals surface area contributed by atoms with Gasteiger partial charge < -0.3 is 4.90 Å². The molecule has 0 amide bonds. The Bertz CT molecular complexity index is 863. The number of piperazine rings is 1. The molecule has 0 N–H and O–H groups in total. The zero-order valence-corrected chi connectivity index (χ0v) is 19.1. The summed E-state index contributed by atoms with van der Waals surface area (Å²) in [5.41, 5.74) is 6.20. The predicted octanol–water partition coefficient (Wildman–Crippen LogP) is 6.41. The first-order valence-corrected chi connectivity index (χ1v) is 11.5. The minimum Gasteiger partial charge on any atom is -0.369 e. The minimum atomic E-state index is 0.371. The summed E-state index contributed by atoms with van der Waals surface area (Å²) in [6.07, 6.45) is 3.63. The second kappa shape index (κ2) is 8.75. The SMILES string of the molecule is CC1(C)CCC(CN2CCN(c3ccc(S)cc3)CC2)=C(c2ccc(Cl)cc2)C1. The van der Waals surface area contributed by atoms with Crippen molar-refractivity contribution in [2.45, 2.75) is 38.0 Å². The summed E-state index contributed by atoms with van der Waals surface area (Å²) >= 11 is 10.5. The van der Waals surface area contributed by atoms with Crippen molar-refractivity contribution in [1.82, 2.24) is 4.90 Å². The normalized spacial score (nSPS) is 20.2. The van der Waals surface area contributed by atoms with Crippen molar-refractivity contribution in [3.05, 3.63) is 64.7 Å². The number of hydrogen-bond acceptors (Lipinski definition) is 3. The molecule has 154 valence electrons. The van der Waals surface area contributed by atoms with E-state index in [0.717, 1.165) is 49.1 Å². The van der Waals surface area contributed by atoms with E-state index in [4.69, 9.17) is 11.6 Å². The second-order valence-electron chi connectivity index (χ2n) is 9.21. The quantitative estimate of drug-likeness (QED) is 0.564. The van der Waals surface area contributed by atoms with Crippen LogP contribution in [0.25, 0.3) is 5.57 Å². The number of nitrogens with zero attached hydrogens (tertiary/aromatic N) is 2. The average Bonchev–Trinajstić information content (AvgIpc) is 2.71. The van der Waals surface area contributed by atoms with Gasteiger partial charge in [-0.3, -0.25) is 4.90 Å². The van der Waals surface area contributed by atoms with Gasteiger partial charge >= 0.3 is 0 Å². The van der Waals surface area contributed by atoms with Crippen molar-refractivity contribution < 1.29 is 0 Å². The highest BCUT2D eigenvalue weighted by atomic mass is 35.5. The fraction of sp³-hybridized carbons (Fsp3) is 0.440. The smallest absolute Gasteiger partial charge is 0.0406 e. The Hall–Kier alpha value is -1.42. The second-order valence-corrected chi connectivity index (χ2v) is 10.2. The van der Waals surface area contributed by atoms with Crippen LogP contribution >= 0.6 is 24.2 Å². The van der Waals surface area contributed by atoms with Gasteiger partial charge in [0.2, 0.25) is 0 Å². The lowest BCUT2D eigenvalue weighted by Crippen LogP contribution is -2.47. The molecule has 4 rings (SSSR count). The number of hydrogen-bond donors (Lipinski definition) is 1. The molecule has 1 aliphatic heterocycles. The number of benzene rings is 2. The monoisotopic (exact) mass is 426 g/mol. The third-order valence-corrected chi connectivity index (χ3v) is 6.93. The molecule has 0 bridgehead atoms. The van der Waals surface area contributed by atoms with Crippen LogP contribution in [0, 0.1) is 5.41 Å². The summed E-state index contributed by atoms with van der Waals surface area (Å²) in [5, 5.41) is 0.813. The van der Waals surface area contributed by atoms with Crippen molar-refractivity contribution in [2.75, 3.05) is 37.6 Å². The van der Waals surface area contributed by atoms with E-state index in [1.165, 1.54) is 24.1 Å². The van der Waals surface area contributed by atoms with Gasteiger partial charge in [0.05, 0.1) is 0 Å². The standard InChI is InChI=1S/C25H31ClN2S/c1-25(2)12-11-20(24(17-25)19-3-5-21(26)6-4-19)18-27-13-15-28(16-14-27)22-7-9-23(29)10-8-22/h3-10,29H,11-18H2,1-2H3. The van der Waals surface area contributed by atoms with E-state index in [9.17, 15) is 0 Å². The van der Waals surface area contributed by atoms with Crippen LogP contribution in [-0.2, 0) is 0 Å². The van der Waals surface area contributed by atoms with Gasteiger partial charge in [-0.15, -0.1) is 12.6 Å². The highest BCUT2D eigenvalue weighted by molar-refractivity contribution is 7.80. The predicted molar refractivity (Wildman–Crippen MR) is 128 cm³/mol. The Morgan fingerprint density at radius 2 is 1.59 bits per heavy atom. The maximum Gasteiger partial charge on any atom is 0.0406 e. The Kier molecular flexibility index (Phi) is 6.29. The van der Waals surface area contributed by atoms with E-state index in [1.807, 2.05) is 12.1 Å². The Morgan fingerprint density at radius 3 is 2.24 bits per heavy atom. The Labute approximate surface area is 186 Å². The molecule has 4 heteroatoms. The maximum atomic E-state index is 6.14. The molecule has 0 aromatic heterocycles. The van der Waals surface area contributed by atoms with Gasteiger partial charge in [0.15, 0.2) is 0 Å². The van der Waals surface area contributed by atoms with E-state index >= 15 is 0 Å². The van der Waals surface area contributed by atoms with Gasteiger partial charge in [-0.1, -0.05) is 43.2 Å². The molecule has 1 heterocycles. The molecule has 1 aliphatic carbocycles. The third kappa shape index (κ3) is 5.20. The lowest BCUT2D eigenvalue weighted by molar-refractivity contribution is 0.264. The highest BCUT2D eigenvalue weighted by Crippen LogP contribution is 2.43. The van der Waals surface area contributed by atoms with Crippen molar-refractivity contribution in [2.24, 2.45) is 5.41 Å². The molecule has 0 atom stereocenters. The van der Waals surface area contributed by atoms with Crippen LogP contribution in [0.2, 0.25) is 5.02 Å². The summed E-state index contributed by atoms with van der Waals surface area (Å²) in [6.45, 7) is 10.3.